The van der Waals surface area contributed by atoms with Crippen LogP contribution in [-0.4, -0.2) is 63.4 Å². The number of nitrogens with zero attached hydrogens (tertiary/aromatic N) is 5. The zero-order valence-corrected chi connectivity index (χ0v) is 12.1. The van der Waals surface area contributed by atoms with Gasteiger partial charge in [-0.25, -0.2) is 4.98 Å². The molecule has 3 heterocycles. The number of piperidine rings is 1. The molecule has 0 aliphatic carbocycles. The molecule has 0 spiro atoms. The number of rotatable bonds is 4. The normalized spacial score (nSPS) is 21.5. The van der Waals surface area contributed by atoms with E-state index in [2.05, 4.69) is 31.1 Å². The van der Waals surface area contributed by atoms with Crippen molar-refractivity contribution in [2.24, 2.45) is 0 Å². The molecule has 116 valence electrons. The fraction of sp³-hybridized carbons (Fsp3) is 0.462. The van der Waals surface area contributed by atoms with Gasteiger partial charge in [0.2, 0.25) is 0 Å². The van der Waals surface area contributed by atoms with Crippen molar-refractivity contribution in [3.05, 3.63) is 30.2 Å². The van der Waals surface area contributed by atoms with Gasteiger partial charge in [0.15, 0.2) is 5.82 Å². The van der Waals surface area contributed by atoms with E-state index in [0.717, 1.165) is 19.5 Å². The van der Waals surface area contributed by atoms with Gasteiger partial charge in [0.1, 0.15) is 6.33 Å². The lowest BCUT2D eigenvalue weighted by Crippen LogP contribution is -2.53. The largest absolute Gasteiger partial charge is 0.378 e. The average Bonchev–Trinajstić information content (AvgIpc) is 3.10. The molecule has 0 aromatic carbocycles. The Bertz CT molecular complexity index is 614. The second-order valence-corrected chi connectivity index (χ2v) is 5.01. The van der Waals surface area contributed by atoms with Crippen molar-refractivity contribution in [3.8, 4) is 5.82 Å². The predicted octanol–water partition coefficient (Wildman–Crippen LogP) is -0.836. The van der Waals surface area contributed by atoms with Crippen molar-refractivity contribution in [2.45, 2.75) is 18.6 Å². The van der Waals surface area contributed by atoms with Gasteiger partial charge in [0.05, 0.1) is 17.7 Å². The van der Waals surface area contributed by atoms with Gasteiger partial charge in [-0.1, -0.05) is 0 Å². The summed E-state index contributed by atoms with van der Waals surface area (Å²) in [6.45, 7) is 1.60. The lowest BCUT2D eigenvalue weighted by atomic mass is 10.0. The summed E-state index contributed by atoms with van der Waals surface area (Å²) < 4.78 is 6.82. The number of amides is 1. The standard InChI is InChI=1S/C13H17N7O2/c1-22-11-7-14-5-4-10(11)17-13(21)9-2-3-12(15-6-9)20-8-16-18-19-20/h2-3,6,8,10-11,14H,4-5,7H2,1H3,(H,17,21)/t10-,11+/m1/s1. The van der Waals surface area contributed by atoms with E-state index in [1.54, 1.807) is 19.2 Å². The van der Waals surface area contributed by atoms with E-state index in [4.69, 9.17) is 4.74 Å². The molecule has 1 aliphatic heterocycles. The molecule has 2 aromatic heterocycles. The van der Waals surface area contributed by atoms with Crippen LogP contribution in [0.2, 0.25) is 0 Å². The number of pyridine rings is 1. The van der Waals surface area contributed by atoms with E-state index in [-0.39, 0.29) is 18.1 Å². The second kappa shape index (κ2) is 6.58. The number of carbonyl (C=O) groups is 1. The number of hydrogen-bond donors (Lipinski definition) is 2. The van der Waals surface area contributed by atoms with Crippen LogP contribution in [0.4, 0.5) is 0 Å². The Morgan fingerprint density at radius 3 is 3.09 bits per heavy atom. The Labute approximate surface area is 127 Å². The summed E-state index contributed by atoms with van der Waals surface area (Å²) in [6, 6.07) is 3.39. The number of nitrogens with one attached hydrogen (secondary N) is 2. The number of ether oxygens (including phenoxy) is 1. The van der Waals surface area contributed by atoms with Gasteiger partial charge < -0.3 is 15.4 Å². The summed E-state index contributed by atoms with van der Waals surface area (Å²) in [5.74, 6) is 0.392. The third-order valence-electron chi connectivity index (χ3n) is 3.64. The second-order valence-electron chi connectivity index (χ2n) is 5.01. The van der Waals surface area contributed by atoms with E-state index in [9.17, 15) is 4.79 Å². The van der Waals surface area contributed by atoms with E-state index >= 15 is 0 Å². The van der Waals surface area contributed by atoms with Crippen molar-refractivity contribution in [1.29, 1.82) is 0 Å². The quantitative estimate of drug-likeness (QED) is 0.758. The summed E-state index contributed by atoms with van der Waals surface area (Å²) in [4.78, 5) is 16.5. The molecule has 22 heavy (non-hydrogen) atoms. The maximum Gasteiger partial charge on any atom is 0.253 e. The third kappa shape index (κ3) is 3.10. The summed E-state index contributed by atoms with van der Waals surface area (Å²) in [6.07, 6.45) is 3.77. The first kappa shape index (κ1) is 14.5. The van der Waals surface area contributed by atoms with Crippen LogP contribution >= 0.6 is 0 Å². The molecular formula is C13H17N7O2. The van der Waals surface area contributed by atoms with Crippen molar-refractivity contribution >= 4 is 5.91 Å². The Balaban J connectivity index is 1.67. The van der Waals surface area contributed by atoms with Crippen LogP contribution in [0.25, 0.3) is 5.82 Å². The minimum Gasteiger partial charge on any atom is -0.378 e. The number of tetrazole rings is 1. The van der Waals surface area contributed by atoms with Crippen LogP contribution in [0, 0.1) is 0 Å². The van der Waals surface area contributed by atoms with Gasteiger partial charge in [0, 0.05) is 19.9 Å². The molecule has 0 radical (unpaired) electrons. The van der Waals surface area contributed by atoms with Crippen LogP contribution < -0.4 is 10.6 Å². The fourth-order valence-corrected chi connectivity index (χ4v) is 2.42. The summed E-state index contributed by atoms with van der Waals surface area (Å²) in [7, 11) is 1.65. The van der Waals surface area contributed by atoms with E-state index in [0.29, 0.717) is 11.4 Å². The fourth-order valence-electron chi connectivity index (χ4n) is 2.42. The maximum atomic E-state index is 12.3. The monoisotopic (exact) mass is 303 g/mol. The first-order valence-electron chi connectivity index (χ1n) is 7.01. The van der Waals surface area contributed by atoms with Gasteiger partial charge in [0.25, 0.3) is 5.91 Å². The van der Waals surface area contributed by atoms with Crippen LogP contribution in [-0.2, 0) is 4.74 Å². The Morgan fingerprint density at radius 2 is 2.41 bits per heavy atom. The number of methoxy groups -OCH3 is 1. The van der Waals surface area contributed by atoms with Gasteiger partial charge in [-0.3, -0.25) is 4.79 Å². The molecule has 0 saturated carbocycles. The highest BCUT2D eigenvalue weighted by Gasteiger charge is 2.26. The smallest absolute Gasteiger partial charge is 0.253 e. The molecule has 1 amide bonds. The highest BCUT2D eigenvalue weighted by molar-refractivity contribution is 5.94. The Kier molecular flexibility index (Phi) is 4.35. The average molecular weight is 303 g/mol. The minimum atomic E-state index is -0.162. The lowest BCUT2D eigenvalue weighted by Gasteiger charge is -2.31. The SMILES string of the molecule is CO[C@H]1CNCC[C@H]1NC(=O)c1ccc(-n2cnnn2)nc1. The molecule has 2 atom stereocenters. The van der Waals surface area contributed by atoms with Gasteiger partial charge in [-0.15, -0.1) is 5.10 Å². The van der Waals surface area contributed by atoms with Crippen LogP contribution in [0.15, 0.2) is 24.7 Å². The van der Waals surface area contributed by atoms with Gasteiger partial charge >= 0.3 is 0 Å². The molecule has 0 unspecified atom stereocenters. The number of carbonyl (C=O) groups excluding carboxylic acids is 1. The molecule has 9 nitrogen and oxygen atoms in total. The van der Waals surface area contributed by atoms with Crippen molar-refractivity contribution < 1.29 is 9.53 Å². The van der Waals surface area contributed by atoms with Crippen molar-refractivity contribution in [1.82, 2.24) is 35.8 Å². The molecule has 1 aliphatic rings. The van der Waals surface area contributed by atoms with Crippen LogP contribution in [0.5, 0.6) is 0 Å². The molecule has 3 rings (SSSR count). The summed E-state index contributed by atoms with van der Waals surface area (Å²) >= 11 is 0. The van der Waals surface area contributed by atoms with Crippen molar-refractivity contribution in [3.63, 3.8) is 0 Å². The zero-order valence-electron chi connectivity index (χ0n) is 12.1. The Hall–Kier alpha value is -2.39. The predicted molar refractivity (Wildman–Crippen MR) is 76.5 cm³/mol. The third-order valence-corrected chi connectivity index (χ3v) is 3.64. The minimum absolute atomic E-state index is 0.00191. The molecular weight excluding hydrogens is 286 g/mol. The Morgan fingerprint density at radius 1 is 1.50 bits per heavy atom. The van der Waals surface area contributed by atoms with E-state index in [1.807, 2.05) is 0 Å². The van der Waals surface area contributed by atoms with Crippen LogP contribution in [0.3, 0.4) is 0 Å². The molecule has 1 saturated heterocycles. The van der Waals surface area contributed by atoms with Crippen molar-refractivity contribution in [2.75, 3.05) is 20.2 Å². The highest BCUT2D eigenvalue weighted by atomic mass is 16.5. The van der Waals surface area contributed by atoms with Crippen LogP contribution in [0.1, 0.15) is 16.8 Å². The zero-order chi connectivity index (χ0) is 15.4. The molecule has 2 N–H and O–H groups in total. The van der Waals surface area contributed by atoms with E-state index in [1.165, 1.54) is 17.2 Å². The number of aromatic nitrogens is 5. The number of hydrogen-bond acceptors (Lipinski definition) is 7. The molecule has 1 fully saturated rings. The first-order valence-corrected chi connectivity index (χ1v) is 7.01. The topological polar surface area (TPSA) is 107 Å². The van der Waals surface area contributed by atoms with Gasteiger partial charge in [-0.2, -0.15) is 4.68 Å². The molecule has 2 aromatic rings. The molecule has 0 bridgehead atoms. The summed E-state index contributed by atoms with van der Waals surface area (Å²) in [5, 5.41) is 17.1. The summed E-state index contributed by atoms with van der Waals surface area (Å²) in [5.41, 5.74) is 0.491. The molecule has 9 heteroatoms. The van der Waals surface area contributed by atoms with Gasteiger partial charge in [-0.05, 0) is 35.5 Å². The first-order chi connectivity index (χ1) is 10.8. The lowest BCUT2D eigenvalue weighted by molar-refractivity contribution is 0.0476. The highest BCUT2D eigenvalue weighted by Crippen LogP contribution is 2.09. The van der Waals surface area contributed by atoms with E-state index < -0.39 is 0 Å². The maximum absolute atomic E-state index is 12.3.